The molecule has 0 saturated heterocycles. The van der Waals surface area contributed by atoms with Crippen LogP contribution >= 0.6 is 0 Å². The van der Waals surface area contributed by atoms with Gasteiger partial charge in [0.05, 0.1) is 22.4 Å². The molecule has 1 heterocycles. The minimum atomic E-state index is -1.15. The first-order valence-electron chi connectivity index (χ1n) is 10.3. The zero-order valence-electron chi connectivity index (χ0n) is 18.0. The van der Waals surface area contributed by atoms with E-state index in [4.69, 9.17) is 10.5 Å². The number of nitrogens with one attached hydrogen (secondary N) is 1. The van der Waals surface area contributed by atoms with Crippen LogP contribution in [0.2, 0.25) is 0 Å². The lowest BCUT2D eigenvalue weighted by Crippen LogP contribution is -2.31. The van der Waals surface area contributed by atoms with E-state index in [-0.39, 0.29) is 27.9 Å². The summed E-state index contributed by atoms with van der Waals surface area (Å²) in [4.78, 5) is 62.6. The van der Waals surface area contributed by atoms with Crippen LogP contribution in [0.1, 0.15) is 48.4 Å². The van der Waals surface area contributed by atoms with Crippen LogP contribution in [-0.4, -0.2) is 35.7 Å². The molecule has 9 nitrogen and oxygen atoms in total. The Morgan fingerprint density at radius 3 is 2.06 bits per heavy atom. The number of anilines is 2. The number of esters is 1. The smallest absolute Gasteiger partial charge is 0.338 e. The first-order chi connectivity index (χ1) is 16.3. The molecule has 0 saturated carbocycles. The fourth-order valence-electron chi connectivity index (χ4n) is 3.44. The van der Waals surface area contributed by atoms with Crippen molar-refractivity contribution in [2.45, 2.75) is 13.0 Å². The lowest BCUT2D eigenvalue weighted by atomic mass is 10.1. The van der Waals surface area contributed by atoms with Gasteiger partial charge >= 0.3 is 5.97 Å². The predicted octanol–water partition coefficient (Wildman–Crippen LogP) is 2.77. The number of carbonyl (C=O) groups excluding carboxylic acids is 5. The third kappa shape index (κ3) is 4.26. The Balaban J connectivity index is 1.44. The molecule has 4 rings (SSSR count). The van der Waals surface area contributed by atoms with Gasteiger partial charge in [-0.05, 0) is 61.5 Å². The molecule has 0 spiro atoms. The molecule has 0 aliphatic carbocycles. The first-order valence-corrected chi connectivity index (χ1v) is 10.3. The van der Waals surface area contributed by atoms with Crippen LogP contribution in [0, 0.1) is 0 Å². The molecule has 34 heavy (non-hydrogen) atoms. The van der Waals surface area contributed by atoms with Crippen LogP contribution in [0.3, 0.4) is 0 Å². The monoisotopic (exact) mass is 457 g/mol. The van der Waals surface area contributed by atoms with Gasteiger partial charge in [0, 0.05) is 11.3 Å². The van der Waals surface area contributed by atoms with Crippen LogP contribution in [0.5, 0.6) is 0 Å². The van der Waals surface area contributed by atoms with Crippen LogP contribution in [-0.2, 0) is 9.53 Å². The van der Waals surface area contributed by atoms with Crippen molar-refractivity contribution >= 4 is 41.0 Å². The Kier molecular flexibility index (Phi) is 5.92. The van der Waals surface area contributed by atoms with Crippen molar-refractivity contribution in [3.05, 3.63) is 95.1 Å². The number of amides is 4. The minimum absolute atomic E-state index is 0.0690. The van der Waals surface area contributed by atoms with Crippen LogP contribution in [0.25, 0.3) is 0 Å². The summed E-state index contributed by atoms with van der Waals surface area (Å²) >= 11 is 0. The molecule has 1 unspecified atom stereocenters. The maximum Gasteiger partial charge on any atom is 0.338 e. The highest BCUT2D eigenvalue weighted by molar-refractivity contribution is 6.34. The van der Waals surface area contributed by atoms with Crippen LogP contribution in [0.15, 0.2) is 72.8 Å². The van der Waals surface area contributed by atoms with Crippen LogP contribution < -0.4 is 16.0 Å². The van der Waals surface area contributed by atoms with Crippen LogP contribution in [0.4, 0.5) is 11.4 Å². The Morgan fingerprint density at radius 1 is 0.853 bits per heavy atom. The zero-order chi connectivity index (χ0) is 24.4. The number of fused-ring (bicyclic) bond motifs is 1. The van der Waals surface area contributed by atoms with Crippen molar-refractivity contribution in [3.63, 3.8) is 0 Å². The fraction of sp³-hybridized carbons (Fsp3) is 0.0800. The Hall–Kier alpha value is -4.79. The second kappa shape index (κ2) is 8.99. The summed E-state index contributed by atoms with van der Waals surface area (Å²) < 4.78 is 5.25. The van der Waals surface area contributed by atoms with Crippen molar-refractivity contribution in [1.29, 1.82) is 0 Å². The summed E-state index contributed by atoms with van der Waals surface area (Å²) in [5.41, 5.74) is 6.73. The van der Waals surface area contributed by atoms with E-state index in [9.17, 15) is 24.0 Å². The van der Waals surface area contributed by atoms with Gasteiger partial charge in [-0.15, -0.1) is 0 Å². The highest BCUT2D eigenvalue weighted by Gasteiger charge is 2.36. The van der Waals surface area contributed by atoms with Gasteiger partial charge in [0.2, 0.25) is 5.91 Å². The summed E-state index contributed by atoms with van der Waals surface area (Å²) in [6.45, 7) is 1.40. The molecule has 3 aromatic rings. The molecule has 0 radical (unpaired) electrons. The number of ether oxygens (including phenoxy) is 1. The van der Waals surface area contributed by atoms with E-state index in [2.05, 4.69) is 5.32 Å². The third-order valence-corrected chi connectivity index (χ3v) is 5.22. The molecule has 4 amide bonds. The second-order valence-electron chi connectivity index (χ2n) is 7.52. The number of primary amides is 1. The van der Waals surface area contributed by atoms with Crippen molar-refractivity contribution in [1.82, 2.24) is 0 Å². The number of nitrogens with two attached hydrogens (primary N) is 1. The number of hydrogen-bond acceptors (Lipinski definition) is 6. The Morgan fingerprint density at radius 2 is 1.47 bits per heavy atom. The average molecular weight is 457 g/mol. The average Bonchev–Trinajstić information content (AvgIpc) is 3.09. The molecule has 3 aromatic carbocycles. The van der Waals surface area contributed by atoms with E-state index in [1.165, 1.54) is 55.5 Å². The molecular weight excluding hydrogens is 438 g/mol. The van der Waals surface area contributed by atoms with Gasteiger partial charge < -0.3 is 15.8 Å². The van der Waals surface area contributed by atoms with E-state index in [0.717, 1.165) is 4.90 Å². The molecule has 9 heteroatoms. The normalized spacial score (nSPS) is 13.3. The molecular formula is C25H19N3O6. The molecule has 0 aromatic heterocycles. The van der Waals surface area contributed by atoms with Crippen molar-refractivity contribution in [2.75, 3.05) is 10.2 Å². The number of carbonyl (C=O) groups is 5. The van der Waals surface area contributed by atoms with Crippen molar-refractivity contribution in [3.8, 4) is 0 Å². The van der Waals surface area contributed by atoms with E-state index in [1.54, 1.807) is 24.3 Å². The molecule has 170 valence electrons. The van der Waals surface area contributed by atoms with Gasteiger partial charge in [0.1, 0.15) is 0 Å². The minimum Gasteiger partial charge on any atom is -0.449 e. The van der Waals surface area contributed by atoms with Crippen molar-refractivity contribution in [2.24, 2.45) is 5.73 Å². The van der Waals surface area contributed by atoms with Gasteiger partial charge in [0.15, 0.2) is 6.10 Å². The summed E-state index contributed by atoms with van der Waals surface area (Å²) in [5, 5.41) is 2.58. The quantitative estimate of drug-likeness (QED) is 0.432. The third-order valence-electron chi connectivity index (χ3n) is 5.22. The SMILES string of the molecule is CC(OC(=O)c1cccc(N2C(=O)c3ccccc3C2=O)c1)C(=O)Nc1ccc(C(N)=O)cc1. The summed E-state index contributed by atoms with van der Waals surface area (Å²) in [6, 6.07) is 18.2. The first kappa shape index (κ1) is 22.4. The lowest BCUT2D eigenvalue weighted by Gasteiger charge is -2.16. The highest BCUT2D eigenvalue weighted by Crippen LogP contribution is 2.29. The van der Waals surface area contributed by atoms with Gasteiger partial charge in [-0.2, -0.15) is 0 Å². The molecule has 0 bridgehead atoms. The Labute approximate surface area is 194 Å². The molecule has 1 aliphatic rings. The van der Waals surface area contributed by atoms with E-state index in [0.29, 0.717) is 5.69 Å². The Bertz CT molecular complexity index is 1300. The molecule has 3 N–H and O–H groups in total. The molecule has 1 aliphatic heterocycles. The summed E-state index contributed by atoms with van der Waals surface area (Å²) in [7, 11) is 0. The standard InChI is InChI=1S/C25H19N3O6/c1-14(22(30)27-17-11-9-15(10-12-17)21(26)29)34-25(33)16-5-4-6-18(13-16)28-23(31)19-7-2-3-8-20(19)24(28)32/h2-14H,1H3,(H2,26,29)(H,27,30). The topological polar surface area (TPSA) is 136 Å². The summed E-state index contributed by atoms with van der Waals surface area (Å²) in [6.07, 6.45) is -1.15. The van der Waals surface area contributed by atoms with Gasteiger partial charge in [-0.1, -0.05) is 18.2 Å². The van der Waals surface area contributed by atoms with Gasteiger partial charge in [-0.25, -0.2) is 9.69 Å². The maximum atomic E-state index is 12.7. The fourth-order valence-corrected chi connectivity index (χ4v) is 3.44. The van der Waals surface area contributed by atoms with Crippen molar-refractivity contribution < 1.29 is 28.7 Å². The zero-order valence-corrected chi connectivity index (χ0v) is 18.0. The number of rotatable bonds is 6. The summed E-state index contributed by atoms with van der Waals surface area (Å²) in [5.74, 6) is -2.95. The predicted molar refractivity (Wildman–Crippen MR) is 122 cm³/mol. The van der Waals surface area contributed by atoms with Gasteiger partial charge in [-0.3, -0.25) is 19.2 Å². The maximum absolute atomic E-state index is 12.7. The molecule has 1 atom stereocenters. The number of benzene rings is 3. The number of imide groups is 1. The lowest BCUT2D eigenvalue weighted by molar-refractivity contribution is -0.123. The number of hydrogen-bond donors (Lipinski definition) is 2. The van der Waals surface area contributed by atoms with E-state index >= 15 is 0 Å². The number of nitrogens with zero attached hydrogens (tertiary/aromatic N) is 1. The highest BCUT2D eigenvalue weighted by atomic mass is 16.5. The second-order valence-corrected chi connectivity index (χ2v) is 7.52. The van der Waals surface area contributed by atoms with Gasteiger partial charge in [0.25, 0.3) is 17.7 Å². The molecule has 0 fully saturated rings. The largest absolute Gasteiger partial charge is 0.449 e. The van der Waals surface area contributed by atoms with E-state index < -0.39 is 35.7 Å². The van der Waals surface area contributed by atoms with E-state index in [1.807, 2.05) is 0 Å².